The number of halogens is 1. The van der Waals surface area contributed by atoms with Gasteiger partial charge >= 0.3 is 0 Å². The second-order valence-corrected chi connectivity index (χ2v) is 6.89. The molecule has 31 heavy (non-hydrogen) atoms. The van der Waals surface area contributed by atoms with Crippen LogP contribution in [0.15, 0.2) is 42.5 Å². The molecule has 0 bridgehead atoms. The van der Waals surface area contributed by atoms with Gasteiger partial charge in [0.15, 0.2) is 0 Å². The topological polar surface area (TPSA) is 93.7 Å². The number of hydrogen-bond acceptors (Lipinski definition) is 6. The molecular weight excluding hydrogens is 420 g/mol. The number of fused-ring (bicyclic) bond motifs is 1. The Kier molecular flexibility index (Phi) is 9.71. The third-order valence-electron chi connectivity index (χ3n) is 5.15. The van der Waals surface area contributed by atoms with E-state index in [4.69, 9.17) is 14.4 Å². The van der Waals surface area contributed by atoms with E-state index in [-0.39, 0.29) is 10.6 Å². The molecular formula is C22H29ClN4O4. The summed E-state index contributed by atoms with van der Waals surface area (Å²) in [5.41, 5.74) is 2.80. The number of hydrogen-bond donors (Lipinski definition) is 1. The molecule has 0 saturated heterocycles. The second kappa shape index (κ2) is 12.2. The fourth-order valence-corrected chi connectivity index (χ4v) is 3.50. The maximum absolute atomic E-state index is 11.2. The van der Waals surface area contributed by atoms with Crippen molar-refractivity contribution in [2.75, 3.05) is 26.2 Å². The molecule has 0 saturated carbocycles. The Morgan fingerprint density at radius 3 is 2.39 bits per heavy atom. The van der Waals surface area contributed by atoms with E-state index < -0.39 is 0 Å². The van der Waals surface area contributed by atoms with Crippen LogP contribution >= 0.6 is 11.9 Å². The number of ether oxygens (including phenoxy) is 1. The number of rotatable bonds is 10. The van der Waals surface area contributed by atoms with Crippen molar-refractivity contribution in [3.63, 3.8) is 0 Å². The van der Waals surface area contributed by atoms with Crippen molar-refractivity contribution in [1.29, 1.82) is 0 Å². The summed E-state index contributed by atoms with van der Waals surface area (Å²) < 4.78 is 14.2. The first kappa shape index (κ1) is 24.6. The number of benzene rings is 2. The highest BCUT2D eigenvalue weighted by Gasteiger charge is 2.15. The molecule has 168 valence electrons. The third kappa shape index (κ3) is 6.40. The Bertz CT molecular complexity index is 972. The first-order valence-electron chi connectivity index (χ1n) is 10.3. The Morgan fingerprint density at radius 1 is 1.13 bits per heavy atom. The van der Waals surface area contributed by atoms with Gasteiger partial charge in [-0.25, -0.2) is 4.98 Å². The van der Waals surface area contributed by atoms with Crippen LogP contribution in [0.2, 0.25) is 0 Å². The fraction of sp³-hybridized carbons (Fsp3) is 0.409. The van der Waals surface area contributed by atoms with E-state index in [0.29, 0.717) is 18.5 Å². The molecule has 3 rings (SSSR count). The van der Waals surface area contributed by atoms with Crippen molar-refractivity contribution < 1.29 is 14.3 Å². The van der Waals surface area contributed by atoms with E-state index in [0.717, 1.165) is 48.8 Å². The molecule has 0 radical (unpaired) electrons. The highest BCUT2D eigenvalue weighted by atomic mass is 35.5. The number of non-ortho nitro benzene ring substituents is 1. The quantitative estimate of drug-likeness (QED) is 0.364. The van der Waals surface area contributed by atoms with Crippen LogP contribution in [0.25, 0.3) is 11.0 Å². The molecule has 2 aromatic carbocycles. The van der Waals surface area contributed by atoms with Crippen LogP contribution in [0, 0.1) is 10.1 Å². The molecule has 0 fully saturated rings. The maximum atomic E-state index is 11.2. The van der Waals surface area contributed by atoms with Crippen molar-refractivity contribution in [1.82, 2.24) is 14.5 Å². The molecule has 9 heteroatoms. The van der Waals surface area contributed by atoms with Crippen LogP contribution in [0.4, 0.5) is 5.69 Å². The number of imidazole rings is 1. The predicted molar refractivity (Wildman–Crippen MR) is 123 cm³/mol. The summed E-state index contributed by atoms with van der Waals surface area (Å²) in [7, 11) is 0. The Hall–Kier alpha value is -2.68. The summed E-state index contributed by atoms with van der Waals surface area (Å²) in [5, 5.41) is 11.2. The van der Waals surface area contributed by atoms with Crippen molar-refractivity contribution in [2.45, 2.75) is 33.7 Å². The summed E-state index contributed by atoms with van der Waals surface area (Å²) in [6.45, 7) is 10.6. The maximum Gasteiger partial charge on any atom is 0.271 e. The van der Waals surface area contributed by atoms with Gasteiger partial charge in [0.25, 0.3) is 5.69 Å². The normalized spacial score (nSPS) is 10.8. The molecule has 0 atom stereocenters. The van der Waals surface area contributed by atoms with Gasteiger partial charge in [-0.2, -0.15) is 0 Å². The zero-order chi connectivity index (χ0) is 22.8. The molecule has 0 amide bonds. The number of nitro groups is 1. The SMILES string of the molecule is CCOc1ccc(Cc2nc3cc([N+](=O)[O-])ccc3n2CCN(CC)CC)cc1.OCl. The summed E-state index contributed by atoms with van der Waals surface area (Å²) in [6.07, 6.45) is 0.660. The lowest BCUT2D eigenvalue weighted by molar-refractivity contribution is -0.384. The fourth-order valence-electron chi connectivity index (χ4n) is 3.50. The van der Waals surface area contributed by atoms with E-state index in [1.54, 1.807) is 12.1 Å². The summed E-state index contributed by atoms with van der Waals surface area (Å²) in [4.78, 5) is 17.9. The van der Waals surface area contributed by atoms with E-state index >= 15 is 0 Å². The first-order valence-corrected chi connectivity index (χ1v) is 10.6. The molecule has 0 aliphatic rings. The lowest BCUT2D eigenvalue weighted by Gasteiger charge is -2.19. The average Bonchev–Trinajstić information content (AvgIpc) is 3.13. The van der Waals surface area contributed by atoms with Gasteiger partial charge in [-0.3, -0.25) is 14.8 Å². The van der Waals surface area contributed by atoms with Crippen LogP contribution < -0.4 is 4.74 Å². The zero-order valence-corrected chi connectivity index (χ0v) is 18.9. The van der Waals surface area contributed by atoms with Gasteiger partial charge in [0.05, 0.1) is 34.4 Å². The van der Waals surface area contributed by atoms with Crippen LogP contribution in [0.1, 0.15) is 32.2 Å². The first-order chi connectivity index (χ1) is 15.0. The van der Waals surface area contributed by atoms with Crippen molar-refractivity contribution >= 4 is 28.6 Å². The summed E-state index contributed by atoms with van der Waals surface area (Å²) >= 11 is 3.64. The largest absolute Gasteiger partial charge is 0.494 e. The second-order valence-electron chi connectivity index (χ2n) is 6.89. The van der Waals surface area contributed by atoms with Crippen LogP contribution in [-0.4, -0.2) is 50.3 Å². The lowest BCUT2D eigenvalue weighted by atomic mass is 10.1. The van der Waals surface area contributed by atoms with Gasteiger partial charge < -0.3 is 14.2 Å². The Morgan fingerprint density at radius 2 is 1.81 bits per heavy atom. The van der Waals surface area contributed by atoms with Gasteiger partial charge in [-0.05, 0) is 43.8 Å². The van der Waals surface area contributed by atoms with Gasteiger partial charge in [-0.1, -0.05) is 26.0 Å². The van der Waals surface area contributed by atoms with Gasteiger partial charge in [0, 0.05) is 31.6 Å². The monoisotopic (exact) mass is 448 g/mol. The molecule has 0 unspecified atom stereocenters. The summed E-state index contributed by atoms with van der Waals surface area (Å²) in [5.74, 6) is 1.76. The van der Waals surface area contributed by atoms with E-state index in [9.17, 15) is 10.1 Å². The molecule has 3 aromatic rings. The number of aromatic nitrogens is 2. The average molecular weight is 449 g/mol. The minimum absolute atomic E-state index is 0.0681. The molecule has 8 nitrogen and oxygen atoms in total. The van der Waals surface area contributed by atoms with Crippen molar-refractivity contribution in [3.05, 3.63) is 64.0 Å². The molecule has 1 N–H and O–H groups in total. The predicted octanol–water partition coefficient (Wildman–Crippen LogP) is 4.41. The van der Waals surface area contributed by atoms with Crippen LogP contribution in [0.5, 0.6) is 5.75 Å². The van der Waals surface area contributed by atoms with Crippen LogP contribution in [-0.2, 0) is 13.0 Å². The van der Waals surface area contributed by atoms with Crippen molar-refractivity contribution in [3.8, 4) is 5.75 Å². The molecule has 1 aromatic heterocycles. The molecule has 0 aliphatic carbocycles. The summed E-state index contributed by atoms with van der Waals surface area (Å²) in [6, 6.07) is 12.9. The molecule has 0 aliphatic heterocycles. The van der Waals surface area contributed by atoms with Gasteiger partial charge in [0.1, 0.15) is 11.6 Å². The Balaban J connectivity index is 0.00000166. The zero-order valence-electron chi connectivity index (χ0n) is 18.1. The third-order valence-corrected chi connectivity index (χ3v) is 5.15. The van der Waals surface area contributed by atoms with Gasteiger partial charge in [0.2, 0.25) is 0 Å². The van der Waals surface area contributed by atoms with Crippen LogP contribution in [0.3, 0.4) is 0 Å². The number of nitro benzene ring substituents is 1. The van der Waals surface area contributed by atoms with E-state index in [1.165, 1.54) is 0 Å². The van der Waals surface area contributed by atoms with Gasteiger partial charge in [-0.15, -0.1) is 0 Å². The minimum atomic E-state index is -0.375. The Labute approximate surface area is 187 Å². The number of likely N-dealkylation sites (N-methyl/N-ethyl adjacent to an activating group) is 1. The highest BCUT2D eigenvalue weighted by molar-refractivity contribution is 6.04. The number of nitrogens with zero attached hydrogens (tertiary/aromatic N) is 4. The molecule has 0 spiro atoms. The smallest absolute Gasteiger partial charge is 0.271 e. The van der Waals surface area contributed by atoms with E-state index in [1.807, 2.05) is 37.3 Å². The lowest BCUT2D eigenvalue weighted by Crippen LogP contribution is -2.27. The standard InChI is InChI=1S/C22H28N4O3.ClHO/c1-4-24(5-2)13-14-25-21-12-9-18(26(27)28)16-20(21)23-22(25)15-17-7-10-19(11-8-17)29-6-3;1-2/h7-12,16H,4-6,13-15H2,1-3H3;2H. The van der Waals surface area contributed by atoms with Crippen molar-refractivity contribution in [2.24, 2.45) is 0 Å². The highest BCUT2D eigenvalue weighted by Crippen LogP contribution is 2.24. The minimum Gasteiger partial charge on any atom is -0.494 e. The van der Waals surface area contributed by atoms with E-state index in [2.05, 4.69) is 35.2 Å². The molecule has 1 heterocycles.